The Morgan fingerprint density at radius 1 is 1.04 bits per heavy atom. The van der Waals surface area contributed by atoms with E-state index in [2.05, 4.69) is 10.3 Å². The lowest BCUT2D eigenvalue weighted by atomic mass is 10.1. The first kappa shape index (κ1) is 19.9. The number of carbonyl (C=O) groups is 2. The number of aromatic amines is 1. The maximum atomic E-state index is 12.6. The quantitative estimate of drug-likeness (QED) is 0.457. The number of carbonyl (C=O) groups excluding carboxylic acids is 2. The van der Waals surface area contributed by atoms with Crippen molar-refractivity contribution in [1.29, 1.82) is 0 Å². The van der Waals surface area contributed by atoms with Crippen molar-refractivity contribution in [3.05, 3.63) is 88.2 Å². The molecule has 0 radical (unpaired) electrons. The number of Topliss-reactive ketones (excluding diaryl/α,β-unsaturated/α-hetero) is 1. The van der Waals surface area contributed by atoms with Crippen molar-refractivity contribution >= 4 is 28.9 Å². The average molecular weight is 395 g/mol. The Labute approximate surface area is 169 Å². The molecule has 28 heavy (non-hydrogen) atoms. The Hall–Kier alpha value is -2.85. The average Bonchev–Trinajstić information content (AvgIpc) is 3.18. The van der Waals surface area contributed by atoms with E-state index in [9.17, 15) is 9.59 Å². The number of nitrogens with one attached hydrogen (secondary N) is 2. The molecule has 144 valence electrons. The molecular weight excluding hydrogens is 372 g/mol. The molecule has 0 fully saturated rings. The van der Waals surface area contributed by atoms with Crippen LogP contribution in [0.5, 0.6) is 0 Å². The van der Waals surface area contributed by atoms with E-state index in [0.29, 0.717) is 22.6 Å². The molecule has 0 saturated carbocycles. The second-order valence-electron chi connectivity index (χ2n) is 6.80. The summed E-state index contributed by atoms with van der Waals surface area (Å²) in [6.07, 6.45) is 3.12. The molecule has 0 bridgehead atoms. The smallest absolute Gasteiger partial charge is 0.194 e. The van der Waals surface area contributed by atoms with E-state index in [-0.39, 0.29) is 17.6 Å². The number of aromatic nitrogens is 1. The van der Waals surface area contributed by atoms with E-state index in [4.69, 9.17) is 11.6 Å². The SMILES string of the molecule is CCCC(=O)c1ccc(NC(C)c2cc(C(=O)c3cccc(Cl)c3)c[nH]2)cc1. The van der Waals surface area contributed by atoms with Crippen LogP contribution in [0.25, 0.3) is 0 Å². The Morgan fingerprint density at radius 2 is 1.79 bits per heavy atom. The normalized spacial score (nSPS) is 11.8. The summed E-state index contributed by atoms with van der Waals surface area (Å²) in [5.74, 6) is 0.0895. The van der Waals surface area contributed by atoms with Gasteiger partial charge in [0.1, 0.15) is 0 Å². The highest BCUT2D eigenvalue weighted by Crippen LogP contribution is 2.22. The Morgan fingerprint density at radius 3 is 2.46 bits per heavy atom. The largest absolute Gasteiger partial charge is 0.377 e. The number of halogens is 1. The first-order chi connectivity index (χ1) is 13.5. The molecule has 3 rings (SSSR count). The lowest BCUT2D eigenvalue weighted by Gasteiger charge is -2.14. The van der Waals surface area contributed by atoms with E-state index >= 15 is 0 Å². The number of anilines is 1. The molecule has 2 aromatic carbocycles. The van der Waals surface area contributed by atoms with Crippen LogP contribution in [0.15, 0.2) is 60.8 Å². The van der Waals surface area contributed by atoms with Gasteiger partial charge >= 0.3 is 0 Å². The highest BCUT2D eigenvalue weighted by molar-refractivity contribution is 6.31. The van der Waals surface area contributed by atoms with Crippen LogP contribution in [0, 0.1) is 0 Å². The predicted molar refractivity (Wildman–Crippen MR) is 113 cm³/mol. The zero-order chi connectivity index (χ0) is 20.1. The van der Waals surface area contributed by atoms with Crippen molar-refractivity contribution in [3.63, 3.8) is 0 Å². The van der Waals surface area contributed by atoms with E-state index in [0.717, 1.165) is 23.4 Å². The lowest BCUT2D eigenvalue weighted by Crippen LogP contribution is -2.07. The summed E-state index contributed by atoms with van der Waals surface area (Å²) in [6.45, 7) is 4.01. The molecule has 4 nitrogen and oxygen atoms in total. The van der Waals surface area contributed by atoms with E-state index < -0.39 is 0 Å². The van der Waals surface area contributed by atoms with Crippen molar-refractivity contribution in [3.8, 4) is 0 Å². The van der Waals surface area contributed by atoms with Crippen molar-refractivity contribution in [2.45, 2.75) is 32.7 Å². The number of hydrogen-bond acceptors (Lipinski definition) is 3. The van der Waals surface area contributed by atoms with Crippen LogP contribution >= 0.6 is 11.6 Å². The van der Waals surface area contributed by atoms with Crippen LogP contribution in [0.1, 0.15) is 64.7 Å². The van der Waals surface area contributed by atoms with Gasteiger partial charge in [0.25, 0.3) is 0 Å². The minimum absolute atomic E-state index is 0.0295. The van der Waals surface area contributed by atoms with E-state index in [1.807, 2.05) is 44.2 Å². The molecule has 0 spiro atoms. The highest BCUT2D eigenvalue weighted by atomic mass is 35.5. The van der Waals surface area contributed by atoms with Crippen molar-refractivity contribution in [1.82, 2.24) is 4.98 Å². The maximum Gasteiger partial charge on any atom is 0.194 e. The summed E-state index contributed by atoms with van der Waals surface area (Å²) in [6, 6.07) is 16.2. The molecule has 0 aliphatic carbocycles. The van der Waals surface area contributed by atoms with Gasteiger partial charge in [-0.25, -0.2) is 0 Å². The summed E-state index contributed by atoms with van der Waals surface area (Å²) in [5, 5.41) is 3.92. The molecule has 1 heterocycles. The number of hydrogen-bond donors (Lipinski definition) is 2. The second kappa shape index (κ2) is 8.89. The molecule has 1 aromatic heterocycles. The molecule has 0 aliphatic rings. The van der Waals surface area contributed by atoms with Crippen LogP contribution < -0.4 is 5.32 Å². The minimum atomic E-state index is -0.0732. The van der Waals surface area contributed by atoms with Gasteiger partial charge in [-0.2, -0.15) is 0 Å². The third-order valence-corrected chi connectivity index (χ3v) is 4.82. The van der Waals surface area contributed by atoms with Gasteiger partial charge in [0, 0.05) is 45.7 Å². The predicted octanol–water partition coefficient (Wildman–Crippen LogP) is 6.06. The molecule has 3 aromatic rings. The molecule has 0 amide bonds. The highest BCUT2D eigenvalue weighted by Gasteiger charge is 2.15. The van der Waals surface area contributed by atoms with E-state index in [1.54, 1.807) is 30.5 Å². The number of rotatable bonds is 8. The van der Waals surface area contributed by atoms with Gasteiger partial charge in [0.15, 0.2) is 11.6 Å². The third kappa shape index (κ3) is 4.70. The summed E-state index contributed by atoms with van der Waals surface area (Å²) < 4.78 is 0. The topological polar surface area (TPSA) is 62.0 Å². The van der Waals surface area contributed by atoms with Gasteiger partial charge in [0.2, 0.25) is 0 Å². The zero-order valence-electron chi connectivity index (χ0n) is 16.0. The van der Waals surface area contributed by atoms with Gasteiger partial charge in [-0.1, -0.05) is 30.7 Å². The zero-order valence-corrected chi connectivity index (χ0v) is 16.7. The van der Waals surface area contributed by atoms with Gasteiger partial charge in [-0.15, -0.1) is 0 Å². The van der Waals surface area contributed by atoms with Gasteiger partial charge < -0.3 is 10.3 Å². The fraction of sp³-hybridized carbons (Fsp3) is 0.217. The van der Waals surface area contributed by atoms with Crippen LogP contribution in [0.4, 0.5) is 5.69 Å². The molecule has 1 atom stereocenters. The van der Waals surface area contributed by atoms with Gasteiger partial charge in [-0.05, 0) is 55.8 Å². The maximum absolute atomic E-state index is 12.6. The van der Waals surface area contributed by atoms with Crippen molar-refractivity contribution in [2.75, 3.05) is 5.32 Å². The fourth-order valence-electron chi connectivity index (χ4n) is 3.04. The van der Waals surface area contributed by atoms with Crippen LogP contribution in [-0.2, 0) is 0 Å². The minimum Gasteiger partial charge on any atom is -0.377 e. The third-order valence-electron chi connectivity index (χ3n) is 4.59. The second-order valence-corrected chi connectivity index (χ2v) is 7.24. The molecule has 2 N–H and O–H groups in total. The van der Waals surface area contributed by atoms with Crippen molar-refractivity contribution in [2.24, 2.45) is 0 Å². The van der Waals surface area contributed by atoms with E-state index in [1.165, 1.54) is 0 Å². The fourth-order valence-corrected chi connectivity index (χ4v) is 3.23. The summed E-state index contributed by atoms with van der Waals surface area (Å²) in [5.41, 5.74) is 3.70. The first-order valence-electron chi connectivity index (χ1n) is 9.36. The van der Waals surface area contributed by atoms with Crippen LogP contribution in [0.2, 0.25) is 5.02 Å². The summed E-state index contributed by atoms with van der Waals surface area (Å²) >= 11 is 5.98. The number of ketones is 2. The van der Waals surface area contributed by atoms with Crippen LogP contribution in [0.3, 0.4) is 0 Å². The molecule has 5 heteroatoms. The Bertz CT molecular complexity index is 976. The molecule has 0 aliphatic heterocycles. The first-order valence-corrected chi connectivity index (χ1v) is 9.74. The monoisotopic (exact) mass is 394 g/mol. The molecular formula is C23H23ClN2O2. The standard InChI is InChI=1S/C23H23ClN2O2/c1-3-5-22(27)16-8-10-20(11-9-16)26-15(2)21-13-18(14-25-21)23(28)17-6-4-7-19(24)12-17/h4,6-15,25-26H,3,5H2,1-2H3. The lowest BCUT2D eigenvalue weighted by molar-refractivity contribution is 0.0980. The number of benzene rings is 2. The van der Waals surface area contributed by atoms with Gasteiger partial charge in [-0.3, -0.25) is 9.59 Å². The number of H-pyrrole nitrogens is 1. The Balaban J connectivity index is 1.68. The van der Waals surface area contributed by atoms with Crippen LogP contribution in [-0.4, -0.2) is 16.6 Å². The summed E-state index contributed by atoms with van der Waals surface area (Å²) in [4.78, 5) is 27.7. The molecule has 0 saturated heterocycles. The van der Waals surface area contributed by atoms with Gasteiger partial charge in [0.05, 0.1) is 6.04 Å². The van der Waals surface area contributed by atoms with Crippen molar-refractivity contribution < 1.29 is 9.59 Å². The Kier molecular flexibility index (Phi) is 6.32. The molecule has 1 unspecified atom stereocenters. The summed E-state index contributed by atoms with van der Waals surface area (Å²) in [7, 11) is 0.